The SMILES string of the molecule is O=C(COc1ccc(C=Nn2c(-c3ccccc3)nc3ccccc3c2=O)cc1I)Nc1ccccc1. The highest BCUT2D eigenvalue weighted by molar-refractivity contribution is 14.1. The van der Waals surface area contributed by atoms with Gasteiger partial charge in [-0.1, -0.05) is 60.7 Å². The lowest BCUT2D eigenvalue weighted by molar-refractivity contribution is -0.118. The van der Waals surface area contributed by atoms with Gasteiger partial charge in [0.15, 0.2) is 12.4 Å². The zero-order valence-corrected chi connectivity index (χ0v) is 21.7. The summed E-state index contributed by atoms with van der Waals surface area (Å²) < 4.78 is 7.83. The van der Waals surface area contributed by atoms with Crippen LogP contribution in [-0.4, -0.2) is 28.4 Å². The van der Waals surface area contributed by atoms with Crippen molar-refractivity contribution in [1.29, 1.82) is 0 Å². The lowest BCUT2D eigenvalue weighted by atomic mass is 10.2. The van der Waals surface area contributed by atoms with Crippen LogP contribution >= 0.6 is 22.6 Å². The minimum Gasteiger partial charge on any atom is -0.483 e. The summed E-state index contributed by atoms with van der Waals surface area (Å²) in [6, 6.07) is 31.4. The van der Waals surface area contributed by atoms with Gasteiger partial charge in [-0.3, -0.25) is 9.59 Å². The molecule has 182 valence electrons. The zero-order valence-electron chi connectivity index (χ0n) is 19.5. The average Bonchev–Trinajstić information content (AvgIpc) is 2.93. The molecule has 8 heteroatoms. The largest absolute Gasteiger partial charge is 0.483 e. The number of anilines is 1. The Kier molecular flexibility index (Phi) is 7.36. The number of hydrogen-bond acceptors (Lipinski definition) is 5. The Morgan fingerprint density at radius 2 is 1.65 bits per heavy atom. The zero-order chi connectivity index (χ0) is 25.6. The molecule has 0 aliphatic rings. The van der Waals surface area contributed by atoms with Gasteiger partial charge in [-0.25, -0.2) is 4.98 Å². The first kappa shape index (κ1) is 24.4. The number of fused-ring (bicyclic) bond motifs is 1. The van der Waals surface area contributed by atoms with Gasteiger partial charge < -0.3 is 10.1 Å². The standard InChI is InChI=1S/C29H21IN4O3/c30-24-17-20(15-16-26(24)37-19-27(35)32-22-11-5-2-6-12-22)18-31-34-28(21-9-3-1-4-10-21)33-25-14-8-7-13-23(25)29(34)36/h1-18H,19H2,(H,32,35). The van der Waals surface area contributed by atoms with E-state index in [-0.39, 0.29) is 18.1 Å². The summed E-state index contributed by atoms with van der Waals surface area (Å²) in [5.74, 6) is 0.791. The summed E-state index contributed by atoms with van der Waals surface area (Å²) >= 11 is 2.15. The molecule has 1 aromatic heterocycles. The van der Waals surface area contributed by atoms with Crippen molar-refractivity contribution in [2.24, 2.45) is 5.10 Å². The van der Waals surface area contributed by atoms with E-state index in [1.54, 1.807) is 18.3 Å². The monoisotopic (exact) mass is 600 g/mol. The lowest BCUT2D eigenvalue weighted by Gasteiger charge is -2.10. The van der Waals surface area contributed by atoms with Crippen molar-refractivity contribution in [2.45, 2.75) is 0 Å². The van der Waals surface area contributed by atoms with Crippen LogP contribution in [0.1, 0.15) is 5.56 Å². The van der Waals surface area contributed by atoms with Crippen LogP contribution in [0.15, 0.2) is 113 Å². The van der Waals surface area contributed by atoms with Gasteiger partial charge in [0, 0.05) is 11.3 Å². The number of carbonyl (C=O) groups is 1. The molecule has 5 rings (SSSR count). The molecule has 7 nitrogen and oxygen atoms in total. The molecular weight excluding hydrogens is 579 g/mol. The third-order valence-electron chi connectivity index (χ3n) is 5.48. The van der Waals surface area contributed by atoms with E-state index >= 15 is 0 Å². The smallest absolute Gasteiger partial charge is 0.282 e. The number of carbonyl (C=O) groups excluding carboxylic acids is 1. The molecule has 1 heterocycles. The molecule has 0 aliphatic carbocycles. The minimum atomic E-state index is -0.250. The van der Waals surface area contributed by atoms with Crippen LogP contribution in [0.5, 0.6) is 5.75 Å². The van der Waals surface area contributed by atoms with Crippen molar-refractivity contribution >= 4 is 51.3 Å². The van der Waals surface area contributed by atoms with E-state index in [9.17, 15) is 9.59 Å². The maximum Gasteiger partial charge on any atom is 0.282 e. The molecular formula is C29H21IN4O3. The number of halogens is 1. The first-order chi connectivity index (χ1) is 18.1. The van der Waals surface area contributed by atoms with Gasteiger partial charge in [0.1, 0.15) is 5.75 Å². The molecule has 37 heavy (non-hydrogen) atoms. The van der Waals surface area contributed by atoms with Crippen molar-refractivity contribution in [1.82, 2.24) is 9.66 Å². The highest BCUT2D eigenvalue weighted by Crippen LogP contribution is 2.22. The second-order valence-corrected chi connectivity index (χ2v) is 9.24. The van der Waals surface area contributed by atoms with E-state index in [2.05, 4.69) is 33.0 Å². The van der Waals surface area contributed by atoms with Gasteiger partial charge >= 0.3 is 0 Å². The Balaban J connectivity index is 1.38. The van der Waals surface area contributed by atoms with E-state index < -0.39 is 0 Å². The Hall–Kier alpha value is -4.31. The summed E-state index contributed by atoms with van der Waals surface area (Å²) in [4.78, 5) is 30.2. The molecule has 0 fully saturated rings. The van der Waals surface area contributed by atoms with Crippen LogP contribution in [0, 0.1) is 3.57 Å². The van der Waals surface area contributed by atoms with Crippen molar-refractivity contribution in [3.63, 3.8) is 0 Å². The fourth-order valence-corrected chi connectivity index (χ4v) is 4.40. The molecule has 0 spiro atoms. The van der Waals surface area contributed by atoms with Crippen molar-refractivity contribution in [3.8, 4) is 17.1 Å². The first-order valence-electron chi connectivity index (χ1n) is 11.5. The second-order valence-electron chi connectivity index (χ2n) is 8.07. The van der Waals surface area contributed by atoms with E-state index in [1.807, 2.05) is 91.0 Å². The molecule has 0 saturated heterocycles. The molecule has 5 aromatic rings. The highest BCUT2D eigenvalue weighted by atomic mass is 127. The van der Waals surface area contributed by atoms with Crippen LogP contribution < -0.4 is 15.6 Å². The van der Waals surface area contributed by atoms with E-state index in [4.69, 9.17) is 9.72 Å². The van der Waals surface area contributed by atoms with E-state index in [1.165, 1.54) is 4.68 Å². The van der Waals surface area contributed by atoms with Gasteiger partial charge in [-0.2, -0.15) is 9.78 Å². The van der Waals surface area contributed by atoms with E-state index in [0.29, 0.717) is 28.2 Å². The number of nitrogens with zero attached hydrogens (tertiary/aromatic N) is 3. The molecule has 4 aromatic carbocycles. The molecule has 0 atom stereocenters. The van der Waals surface area contributed by atoms with Crippen LogP contribution in [0.4, 0.5) is 5.69 Å². The van der Waals surface area contributed by atoms with Gasteiger partial charge in [0.2, 0.25) is 0 Å². The minimum absolute atomic E-state index is 0.114. The van der Waals surface area contributed by atoms with Crippen LogP contribution in [0.25, 0.3) is 22.3 Å². The molecule has 0 radical (unpaired) electrons. The van der Waals surface area contributed by atoms with E-state index in [0.717, 1.165) is 14.7 Å². The first-order valence-corrected chi connectivity index (χ1v) is 12.6. The van der Waals surface area contributed by atoms with Gasteiger partial charge in [-0.15, -0.1) is 0 Å². The van der Waals surface area contributed by atoms with Crippen molar-refractivity contribution in [2.75, 3.05) is 11.9 Å². The summed E-state index contributed by atoms with van der Waals surface area (Å²) in [5.41, 5.74) is 2.63. The maximum absolute atomic E-state index is 13.3. The van der Waals surface area contributed by atoms with Crippen molar-refractivity contribution in [3.05, 3.63) is 123 Å². The molecule has 0 saturated carbocycles. The van der Waals surface area contributed by atoms with Crippen molar-refractivity contribution < 1.29 is 9.53 Å². The summed E-state index contributed by atoms with van der Waals surface area (Å²) in [6.07, 6.45) is 1.61. The Labute approximate surface area is 226 Å². The number of nitrogens with one attached hydrogen (secondary N) is 1. The fraction of sp³-hybridized carbons (Fsp3) is 0.0345. The molecule has 0 unspecified atom stereocenters. The van der Waals surface area contributed by atoms with Gasteiger partial charge in [0.25, 0.3) is 11.5 Å². The normalized spacial score (nSPS) is 11.1. The van der Waals surface area contributed by atoms with Crippen LogP contribution in [0.2, 0.25) is 0 Å². The molecule has 1 amide bonds. The number of hydrogen-bond donors (Lipinski definition) is 1. The third-order valence-corrected chi connectivity index (χ3v) is 6.32. The topological polar surface area (TPSA) is 85.6 Å². The predicted molar refractivity (Wildman–Crippen MR) is 154 cm³/mol. The lowest BCUT2D eigenvalue weighted by Crippen LogP contribution is -2.20. The summed E-state index contributed by atoms with van der Waals surface area (Å²) in [5, 5.41) is 7.79. The highest BCUT2D eigenvalue weighted by Gasteiger charge is 2.12. The Bertz CT molecular complexity index is 1650. The Morgan fingerprint density at radius 3 is 2.41 bits per heavy atom. The van der Waals surface area contributed by atoms with Gasteiger partial charge in [-0.05, 0) is 70.6 Å². The maximum atomic E-state index is 13.3. The number of ether oxygens (including phenoxy) is 1. The molecule has 0 aliphatic heterocycles. The summed E-state index contributed by atoms with van der Waals surface area (Å²) in [7, 11) is 0. The second kappa shape index (κ2) is 11.2. The third kappa shape index (κ3) is 5.75. The average molecular weight is 600 g/mol. The number of amides is 1. The quantitative estimate of drug-likeness (QED) is 0.196. The summed E-state index contributed by atoms with van der Waals surface area (Å²) in [6.45, 7) is -0.114. The number of para-hydroxylation sites is 2. The molecule has 1 N–H and O–H groups in total. The fourth-order valence-electron chi connectivity index (χ4n) is 3.71. The Morgan fingerprint density at radius 1 is 0.946 bits per heavy atom. The van der Waals surface area contributed by atoms with Gasteiger partial charge in [0.05, 0.1) is 20.7 Å². The van der Waals surface area contributed by atoms with Crippen LogP contribution in [0.3, 0.4) is 0 Å². The van der Waals surface area contributed by atoms with Crippen LogP contribution in [-0.2, 0) is 4.79 Å². The number of benzene rings is 4. The predicted octanol–water partition coefficient (Wildman–Crippen LogP) is 5.57. The number of aromatic nitrogens is 2. The molecule has 0 bridgehead atoms. The number of rotatable bonds is 7.